The lowest BCUT2D eigenvalue weighted by Gasteiger charge is -1.92. The Bertz CT molecular complexity index is 215. The Hall–Kier alpha value is -1.24. The van der Waals surface area contributed by atoms with Gasteiger partial charge in [-0.05, 0) is 13.0 Å². The third kappa shape index (κ3) is 1.38. The molecule has 0 fully saturated rings. The quantitative estimate of drug-likeness (QED) is 0.546. The van der Waals surface area contributed by atoms with Crippen LogP contribution in [0.3, 0.4) is 0 Å². The molecule has 1 rings (SSSR count). The summed E-state index contributed by atoms with van der Waals surface area (Å²) in [7, 11) is 0. The van der Waals surface area contributed by atoms with Crippen LogP contribution in [-0.4, -0.2) is 5.11 Å². The first-order valence-corrected chi connectivity index (χ1v) is 3.25. The number of allylic oxidation sites excluding steroid dienone is 7. The van der Waals surface area contributed by atoms with Crippen molar-refractivity contribution in [2.24, 2.45) is 0 Å². The van der Waals surface area contributed by atoms with E-state index in [0.29, 0.717) is 5.76 Å². The Morgan fingerprint density at radius 3 is 2.50 bits per heavy atom. The van der Waals surface area contributed by atoms with E-state index >= 15 is 0 Å². The number of hydrogen-bond acceptors (Lipinski definition) is 1. The second kappa shape index (κ2) is 3.06. The minimum atomic E-state index is 0.326. The molecule has 1 nitrogen and oxygen atoms in total. The molecule has 0 spiro atoms. The van der Waals surface area contributed by atoms with Crippen molar-refractivity contribution in [1.82, 2.24) is 0 Å². The fourth-order valence-electron chi connectivity index (χ4n) is 0.799. The van der Waals surface area contributed by atoms with Crippen molar-refractivity contribution in [3.63, 3.8) is 0 Å². The molecule has 10 heavy (non-hydrogen) atoms. The van der Waals surface area contributed by atoms with Gasteiger partial charge in [0, 0.05) is 5.57 Å². The molecule has 52 valence electrons. The lowest BCUT2D eigenvalue weighted by molar-refractivity contribution is 0.429. The van der Waals surface area contributed by atoms with Gasteiger partial charge in [0.1, 0.15) is 5.76 Å². The van der Waals surface area contributed by atoms with Crippen molar-refractivity contribution in [2.45, 2.75) is 6.92 Å². The van der Waals surface area contributed by atoms with E-state index in [1.807, 2.05) is 37.3 Å². The van der Waals surface area contributed by atoms with Crippen LogP contribution in [0.4, 0.5) is 0 Å². The predicted molar refractivity (Wildman–Crippen MR) is 42.7 cm³/mol. The average Bonchev–Trinajstić information content (AvgIpc) is 2.38. The van der Waals surface area contributed by atoms with Crippen molar-refractivity contribution in [2.75, 3.05) is 0 Å². The molecule has 1 aliphatic rings. The molecule has 0 aromatic carbocycles. The molecule has 0 atom stereocenters. The molecule has 0 saturated heterocycles. The zero-order valence-corrected chi connectivity index (χ0v) is 5.91. The highest BCUT2D eigenvalue weighted by Crippen LogP contribution is 2.11. The number of aliphatic hydroxyl groups is 1. The summed E-state index contributed by atoms with van der Waals surface area (Å²) in [5, 5.41) is 9.24. The highest BCUT2D eigenvalue weighted by molar-refractivity contribution is 5.44. The van der Waals surface area contributed by atoms with Crippen LogP contribution in [0.15, 0.2) is 47.8 Å². The first-order chi connectivity index (χ1) is 4.84. The summed E-state index contributed by atoms with van der Waals surface area (Å²) in [6.07, 6.45) is 11.0. The van der Waals surface area contributed by atoms with Gasteiger partial charge in [-0.15, -0.1) is 0 Å². The molecule has 1 heteroatoms. The first kappa shape index (κ1) is 6.87. The minimum absolute atomic E-state index is 0.326. The van der Waals surface area contributed by atoms with Crippen LogP contribution in [0.1, 0.15) is 6.92 Å². The normalized spacial score (nSPS) is 15.5. The zero-order chi connectivity index (χ0) is 7.40. The van der Waals surface area contributed by atoms with Crippen LogP contribution in [0, 0.1) is 0 Å². The summed E-state index contributed by atoms with van der Waals surface area (Å²) in [6, 6.07) is 0. The molecular formula is C9H10O. The Labute approximate surface area is 60.7 Å². The Kier molecular flexibility index (Phi) is 2.11. The van der Waals surface area contributed by atoms with Crippen LogP contribution >= 0.6 is 0 Å². The fraction of sp³-hybridized carbons (Fsp3) is 0.111. The van der Waals surface area contributed by atoms with Crippen molar-refractivity contribution < 1.29 is 5.11 Å². The smallest absolute Gasteiger partial charge is 0.122 e. The molecule has 0 radical (unpaired) electrons. The van der Waals surface area contributed by atoms with E-state index in [1.165, 1.54) is 0 Å². The lowest BCUT2D eigenvalue weighted by Crippen LogP contribution is -1.78. The molecule has 0 amide bonds. The van der Waals surface area contributed by atoms with Gasteiger partial charge < -0.3 is 5.11 Å². The largest absolute Gasteiger partial charge is 0.507 e. The van der Waals surface area contributed by atoms with E-state index in [-0.39, 0.29) is 0 Å². The van der Waals surface area contributed by atoms with Gasteiger partial charge >= 0.3 is 0 Å². The molecule has 1 aliphatic carbocycles. The van der Waals surface area contributed by atoms with Crippen molar-refractivity contribution in [1.29, 1.82) is 0 Å². The predicted octanol–water partition coefficient (Wildman–Crippen LogP) is 2.50. The summed E-state index contributed by atoms with van der Waals surface area (Å²) in [4.78, 5) is 0. The number of aliphatic hydroxyl groups excluding tert-OH is 1. The SMILES string of the molecule is CC=CC(O)=C1C=CC=C1. The van der Waals surface area contributed by atoms with Crippen molar-refractivity contribution >= 4 is 0 Å². The summed E-state index contributed by atoms with van der Waals surface area (Å²) < 4.78 is 0. The van der Waals surface area contributed by atoms with Crippen molar-refractivity contribution in [3.8, 4) is 0 Å². The Morgan fingerprint density at radius 1 is 1.40 bits per heavy atom. The van der Waals surface area contributed by atoms with Gasteiger partial charge in [-0.25, -0.2) is 0 Å². The van der Waals surface area contributed by atoms with Gasteiger partial charge in [0.25, 0.3) is 0 Å². The summed E-state index contributed by atoms with van der Waals surface area (Å²) >= 11 is 0. The summed E-state index contributed by atoms with van der Waals surface area (Å²) in [5.74, 6) is 0.326. The second-order valence-corrected chi connectivity index (χ2v) is 2.06. The van der Waals surface area contributed by atoms with Crippen molar-refractivity contribution in [3.05, 3.63) is 47.8 Å². The molecule has 0 heterocycles. The molecule has 1 N–H and O–H groups in total. The molecule has 0 aliphatic heterocycles. The maximum atomic E-state index is 9.24. The highest BCUT2D eigenvalue weighted by atomic mass is 16.3. The fourth-order valence-corrected chi connectivity index (χ4v) is 0.799. The van der Waals surface area contributed by atoms with Gasteiger partial charge in [0.05, 0.1) is 0 Å². The third-order valence-corrected chi connectivity index (χ3v) is 1.28. The summed E-state index contributed by atoms with van der Waals surface area (Å²) in [5.41, 5.74) is 0.873. The van der Waals surface area contributed by atoms with E-state index in [2.05, 4.69) is 0 Å². The minimum Gasteiger partial charge on any atom is -0.507 e. The standard InChI is InChI=1S/C9H10O/c1-2-5-9(10)8-6-3-4-7-8/h2-7,10H,1H3. The Morgan fingerprint density at radius 2 is 2.00 bits per heavy atom. The average molecular weight is 134 g/mol. The number of hydrogen-bond donors (Lipinski definition) is 1. The van der Waals surface area contributed by atoms with Crippen LogP contribution in [0.25, 0.3) is 0 Å². The zero-order valence-electron chi connectivity index (χ0n) is 5.91. The lowest BCUT2D eigenvalue weighted by atomic mass is 10.2. The molecule has 0 aromatic rings. The molecular weight excluding hydrogens is 124 g/mol. The van der Waals surface area contributed by atoms with Gasteiger partial charge in [-0.3, -0.25) is 0 Å². The van der Waals surface area contributed by atoms with E-state index in [1.54, 1.807) is 6.08 Å². The second-order valence-electron chi connectivity index (χ2n) is 2.06. The van der Waals surface area contributed by atoms with E-state index < -0.39 is 0 Å². The molecule has 0 unspecified atom stereocenters. The van der Waals surface area contributed by atoms with E-state index in [4.69, 9.17) is 0 Å². The third-order valence-electron chi connectivity index (χ3n) is 1.28. The van der Waals surface area contributed by atoms with Crippen LogP contribution in [0.2, 0.25) is 0 Å². The van der Waals surface area contributed by atoms with Gasteiger partial charge in [0.2, 0.25) is 0 Å². The van der Waals surface area contributed by atoms with Crippen LogP contribution in [-0.2, 0) is 0 Å². The van der Waals surface area contributed by atoms with Crippen LogP contribution < -0.4 is 0 Å². The Balaban J connectivity index is 2.85. The van der Waals surface area contributed by atoms with Gasteiger partial charge in [0.15, 0.2) is 0 Å². The van der Waals surface area contributed by atoms with Crippen LogP contribution in [0.5, 0.6) is 0 Å². The van der Waals surface area contributed by atoms with E-state index in [0.717, 1.165) is 5.57 Å². The topological polar surface area (TPSA) is 20.2 Å². The highest BCUT2D eigenvalue weighted by Gasteiger charge is 1.96. The van der Waals surface area contributed by atoms with E-state index in [9.17, 15) is 5.11 Å². The summed E-state index contributed by atoms with van der Waals surface area (Å²) in [6.45, 7) is 1.87. The first-order valence-electron chi connectivity index (χ1n) is 3.25. The maximum absolute atomic E-state index is 9.24. The molecule has 0 aromatic heterocycles. The van der Waals surface area contributed by atoms with Gasteiger partial charge in [-0.2, -0.15) is 0 Å². The molecule has 0 saturated carbocycles. The van der Waals surface area contributed by atoms with Gasteiger partial charge in [-0.1, -0.05) is 30.4 Å². The number of rotatable bonds is 1. The maximum Gasteiger partial charge on any atom is 0.122 e. The molecule has 0 bridgehead atoms. The monoisotopic (exact) mass is 134 g/mol.